The van der Waals surface area contributed by atoms with Gasteiger partial charge >= 0.3 is 12.1 Å². The Hall–Kier alpha value is -1.30. The Morgan fingerprint density at radius 3 is 2.63 bits per heavy atom. The van der Waals surface area contributed by atoms with Crippen LogP contribution in [0.5, 0.6) is 0 Å². The Labute approximate surface area is 113 Å². The van der Waals surface area contributed by atoms with Crippen molar-refractivity contribution in [2.45, 2.75) is 51.7 Å². The van der Waals surface area contributed by atoms with Gasteiger partial charge in [-0.15, -0.1) is 0 Å². The summed E-state index contributed by atoms with van der Waals surface area (Å²) < 4.78 is 5.32. The lowest BCUT2D eigenvalue weighted by Gasteiger charge is -2.36. The average molecular weight is 272 g/mol. The van der Waals surface area contributed by atoms with E-state index in [4.69, 9.17) is 15.6 Å². The van der Waals surface area contributed by atoms with Gasteiger partial charge in [0.1, 0.15) is 5.60 Å². The van der Waals surface area contributed by atoms with Crippen molar-refractivity contribution in [1.82, 2.24) is 4.90 Å². The van der Waals surface area contributed by atoms with Gasteiger partial charge in [0.2, 0.25) is 0 Å². The smallest absolute Gasteiger partial charge is 0.410 e. The molecule has 0 saturated carbocycles. The molecule has 0 aromatic rings. The molecule has 6 nitrogen and oxygen atoms in total. The normalized spacial score (nSPS) is 21.9. The summed E-state index contributed by atoms with van der Waals surface area (Å²) in [7, 11) is 0. The van der Waals surface area contributed by atoms with Crippen LogP contribution in [-0.2, 0) is 9.53 Å². The molecule has 0 aliphatic carbocycles. The van der Waals surface area contributed by atoms with Gasteiger partial charge in [0, 0.05) is 19.1 Å². The second-order valence-corrected chi connectivity index (χ2v) is 6.09. The van der Waals surface area contributed by atoms with Gasteiger partial charge in [-0.2, -0.15) is 0 Å². The van der Waals surface area contributed by atoms with Crippen LogP contribution in [0, 0.1) is 5.92 Å². The van der Waals surface area contributed by atoms with Crippen LogP contribution < -0.4 is 5.73 Å². The first-order valence-electron chi connectivity index (χ1n) is 6.64. The zero-order chi connectivity index (χ0) is 14.6. The fourth-order valence-corrected chi connectivity index (χ4v) is 2.22. The standard InChI is InChI=1S/C13H24N2O4/c1-13(2,3)19-12(18)15-6-4-5-9(8-15)10(14)7-11(16)17/h9-10H,4-8,14H2,1-3H3,(H,16,17). The van der Waals surface area contributed by atoms with Crippen LogP contribution in [-0.4, -0.2) is 46.8 Å². The van der Waals surface area contributed by atoms with Crippen molar-refractivity contribution in [1.29, 1.82) is 0 Å². The summed E-state index contributed by atoms with van der Waals surface area (Å²) in [6.45, 7) is 6.59. The highest BCUT2D eigenvalue weighted by molar-refractivity contribution is 5.68. The largest absolute Gasteiger partial charge is 0.481 e. The maximum atomic E-state index is 12.0. The lowest BCUT2D eigenvalue weighted by molar-refractivity contribution is -0.137. The number of carbonyl (C=O) groups is 2. The number of aliphatic carboxylic acids is 1. The van der Waals surface area contributed by atoms with Gasteiger partial charge in [-0.05, 0) is 39.5 Å². The van der Waals surface area contributed by atoms with Crippen molar-refractivity contribution in [3.05, 3.63) is 0 Å². The van der Waals surface area contributed by atoms with Gasteiger partial charge in [0.25, 0.3) is 0 Å². The van der Waals surface area contributed by atoms with E-state index in [0.29, 0.717) is 13.1 Å². The minimum Gasteiger partial charge on any atom is -0.481 e. The molecule has 6 heteroatoms. The Balaban J connectivity index is 2.54. The number of rotatable bonds is 3. The summed E-state index contributed by atoms with van der Waals surface area (Å²) in [5.74, 6) is -0.876. The van der Waals surface area contributed by atoms with E-state index in [1.807, 2.05) is 20.8 Å². The van der Waals surface area contributed by atoms with Crippen molar-refractivity contribution in [3.8, 4) is 0 Å². The first-order valence-corrected chi connectivity index (χ1v) is 6.64. The van der Waals surface area contributed by atoms with E-state index in [1.54, 1.807) is 4.90 Å². The second kappa shape index (κ2) is 6.23. The van der Waals surface area contributed by atoms with Crippen molar-refractivity contribution in [3.63, 3.8) is 0 Å². The van der Waals surface area contributed by atoms with E-state index < -0.39 is 17.6 Å². The molecule has 0 aromatic carbocycles. The van der Waals surface area contributed by atoms with Gasteiger partial charge in [0.05, 0.1) is 6.42 Å². The summed E-state index contributed by atoms with van der Waals surface area (Å²) in [4.78, 5) is 24.2. The van der Waals surface area contributed by atoms with Gasteiger partial charge < -0.3 is 20.5 Å². The first kappa shape index (κ1) is 15.8. The molecule has 3 N–H and O–H groups in total. The minimum absolute atomic E-state index is 0.0253. The van der Waals surface area contributed by atoms with E-state index in [0.717, 1.165) is 12.8 Å². The Morgan fingerprint density at radius 1 is 1.47 bits per heavy atom. The van der Waals surface area contributed by atoms with E-state index in [2.05, 4.69) is 0 Å². The molecule has 1 saturated heterocycles. The monoisotopic (exact) mass is 272 g/mol. The van der Waals surface area contributed by atoms with Crippen LogP contribution in [0.25, 0.3) is 0 Å². The summed E-state index contributed by atoms with van der Waals surface area (Å²) >= 11 is 0. The number of amides is 1. The number of hydrogen-bond acceptors (Lipinski definition) is 4. The van der Waals surface area contributed by atoms with E-state index >= 15 is 0 Å². The minimum atomic E-state index is -0.901. The number of carboxylic acid groups (broad SMARTS) is 1. The molecule has 110 valence electrons. The number of ether oxygens (including phenoxy) is 1. The van der Waals surface area contributed by atoms with Gasteiger partial charge in [-0.25, -0.2) is 4.79 Å². The van der Waals surface area contributed by atoms with Gasteiger partial charge in [0.15, 0.2) is 0 Å². The molecular weight excluding hydrogens is 248 g/mol. The molecule has 1 amide bonds. The zero-order valence-corrected chi connectivity index (χ0v) is 11.9. The van der Waals surface area contributed by atoms with Crippen molar-refractivity contribution < 1.29 is 19.4 Å². The van der Waals surface area contributed by atoms with Crippen LogP contribution in [0.15, 0.2) is 0 Å². The predicted octanol–water partition coefficient (Wildman–Crippen LogP) is 1.44. The maximum Gasteiger partial charge on any atom is 0.410 e. The van der Waals surface area contributed by atoms with Crippen LogP contribution in [0.4, 0.5) is 4.79 Å². The molecule has 2 unspecified atom stereocenters. The average Bonchev–Trinajstić information content (AvgIpc) is 2.26. The first-order chi connectivity index (χ1) is 8.69. The molecule has 0 radical (unpaired) electrons. The molecule has 19 heavy (non-hydrogen) atoms. The van der Waals surface area contributed by atoms with Crippen LogP contribution in [0.2, 0.25) is 0 Å². The number of nitrogens with zero attached hydrogens (tertiary/aromatic N) is 1. The third-order valence-corrected chi connectivity index (χ3v) is 3.13. The Bertz CT molecular complexity index is 338. The number of carbonyl (C=O) groups excluding carboxylic acids is 1. The molecule has 1 fully saturated rings. The number of piperidine rings is 1. The highest BCUT2D eigenvalue weighted by atomic mass is 16.6. The number of likely N-dealkylation sites (tertiary alicyclic amines) is 1. The number of hydrogen-bond donors (Lipinski definition) is 2. The van der Waals surface area contributed by atoms with Crippen LogP contribution in [0.3, 0.4) is 0 Å². The SMILES string of the molecule is CC(C)(C)OC(=O)N1CCCC(C(N)CC(=O)O)C1. The van der Waals surface area contributed by atoms with E-state index in [1.165, 1.54) is 0 Å². The quantitative estimate of drug-likeness (QED) is 0.810. The number of nitrogens with two attached hydrogens (primary N) is 1. The molecular formula is C13H24N2O4. The van der Waals surface area contributed by atoms with Crippen LogP contribution >= 0.6 is 0 Å². The predicted molar refractivity (Wildman–Crippen MR) is 70.8 cm³/mol. The van der Waals surface area contributed by atoms with Crippen molar-refractivity contribution >= 4 is 12.1 Å². The lowest BCUT2D eigenvalue weighted by Crippen LogP contribution is -2.48. The molecule has 2 atom stereocenters. The highest BCUT2D eigenvalue weighted by Gasteiger charge is 2.31. The fraction of sp³-hybridized carbons (Fsp3) is 0.846. The molecule has 0 aromatic heterocycles. The van der Waals surface area contributed by atoms with Crippen molar-refractivity contribution in [2.75, 3.05) is 13.1 Å². The Kier molecular flexibility index (Phi) is 5.17. The van der Waals surface area contributed by atoms with E-state index in [-0.39, 0.29) is 18.4 Å². The lowest BCUT2D eigenvalue weighted by atomic mass is 9.89. The zero-order valence-electron chi connectivity index (χ0n) is 11.9. The third-order valence-electron chi connectivity index (χ3n) is 3.13. The summed E-state index contributed by atoms with van der Waals surface area (Å²) in [5, 5.41) is 8.76. The number of carboxylic acids is 1. The molecule has 1 heterocycles. The summed E-state index contributed by atoms with van der Waals surface area (Å²) in [6, 6.07) is -0.414. The van der Waals surface area contributed by atoms with Gasteiger partial charge in [-0.3, -0.25) is 4.79 Å². The summed E-state index contributed by atoms with van der Waals surface area (Å²) in [6.07, 6.45) is 1.28. The fourth-order valence-electron chi connectivity index (χ4n) is 2.22. The topological polar surface area (TPSA) is 92.9 Å². The highest BCUT2D eigenvalue weighted by Crippen LogP contribution is 2.22. The third kappa shape index (κ3) is 5.46. The van der Waals surface area contributed by atoms with Gasteiger partial charge in [-0.1, -0.05) is 0 Å². The summed E-state index contributed by atoms with van der Waals surface area (Å²) in [5.41, 5.74) is 5.36. The molecule has 1 aliphatic heterocycles. The van der Waals surface area contributed by atoms with Crippen LogP contribution in [0.1, 0.15) is 40.0 Å². The molecule has 1 rings (SSSR count). The Morgan fingerprint density at radius 2 is 2.11 bits per heavy atom. The van der Waals surface area contributed by atoms with Crippen molar-refractivity contribution in [2.24, 2.45) is 11.7 Å². The van der Waals surface area contributed by atoms with E-state index in [9.17, 15) is 9.59 Å². The molecule has 0 spiro atoms. The molecule has 0 bridgehead atoms. The molecule has 1 aliphatic rings. The maximum absolute atomic E-state index is 12.0. The second-order valence-electron chi connectivity index (χ2n) is 6.09.